The van der Waals surface area contributed by atoms with E-state index in [2.05, 4.69) is 46.1 Å². The van der Waals surface area contributed by atoms with E-state index in [-0.39, 0.29) is 0 Å². The van der Waals surface area contributed by atoms with E-state index in [1.165, 1.54) is 25.7 Å². The highest BCUT2D eigenvalue weighted by Crippen LogP contribution is 2.48. The maximum Gasteiger partial charge on any atom is 0.0698 e. The highest BCUT2D eigenvalue weighted by Gasteiger charge is 2.44. The summed E-state index contributed by atoms with van der Waals surface area (Å²) in [5.41, 5.74) is 2.06. The SMILES string of the molecule is [CH2-][NH2+][C@]1(C)CC[C@@H]2C(C)=CC[C@H](C(C)C)[C@@H]2C1. The van der Waals surface area contributed by atoms with E-state index in [0.29, 0.717) is 5.54 Å². The van der Waals surface area contributed by atoms with E-state index in [9.17, 15) is 0 Å². The Morgan fingerprint density at radius 2 is 2.18 bits per heavy atom. The van der Waals surface area contributed by atoms with Crippen molar-refractivity contribution in [3.05, 3.63) is 18.7 Å². The van der Waals surface area contributed by atoms with Crippen LogP contribution < -0.4 is 5.32 Å². The van der Waals surface area contributed by atoms with E-state index in [0.717, 1.165) is 23.7 Å². The molecule has 0 aromatic rings. The Balaban J connectivity index is 2.21. The Hall–Kier alpha value is -0.300. The molecule has 0 heterocycles. The number of allylic oxidation sites excluding steroid dienone is 2. The molecule has 0 bridgehead atoms. The van der Waals surface area contributed by atoms with Gasteiger partial charge in [-0.2, -0.15) is 7.05 Å². The lowest BCUT2D eigenvalue weighted by molar-refractivity contribution is -0.678. The average Bonchev–Trinajstić information content (AvgIpc) is 2.29. The largest absolute Gasteiger partial charge is 0.474 e. The topological polar surface area (TPSA) is 16.6 Å². The number of quaternary nitrogens is 1. The van der Waals surface area contributed by atoms with Crippen molar-refractivity contribution < 1.29 is 5.32 Å². The van der Waals surface area contributed by atoms with Gasteiger partial charge in [0.15, 0.2) is 0 Å². The molecule has 0 unspecified atom stereocenters. The second-order valence-electron chi connectivity index (χ2n) is 6.96. The van der Waals surface area contributed by atoms with Crippen LogP contribution in [0.4, 0.5) is 0 Å². The van der Waals surface area contributed by atoms with E-state index < -0.39 is 0 Å². The van der Waals surface area contributed by atoms with Gasteiger partial charge in [0.2, 0.25) is 0 Å². The van der Waals surface area contributed by atoms with Crippen LogP contribution in [0.2, 0.25) is 0 Å². The van der Waals surface area contributed by atoms with Gasteiger partial charge in [0.05, 0.1) is 5.54 Å². The lowest BCUT2D eigenvalue weighted by Crippen LogP contribution is -2.91. The highest BCUT2D eigenvalue weighted by molar-refractivity contribution is 5.14. The van der Waals surface area contributed by atoms with Gasteiger partial charge in [-0.15, -0.1) is 0 Å². The first-order valence-corrected chi connectivity index (χ1v) is 7.27. The molecule has 0 aliphatic heterocycles. The summed E-state index contributed by atoms with van der Waals surface area (Å²) in [5.74, 6) is 3.48. The standard InChI is InChI=1S/C16H29N/c1-11(2)13-7-6-12(3)14-8-9-16(4,17-5)10-15(13)14/h6,11,13-15H,5,7-10,17H2,1-4H3/t13-,14-,15+,16-/m1/s1. The van der Waals surface area contributed by atoms with E-state index >= 15 is 0 Å². The highest BCUT2D eigenvalue weighted by atomic mass is 14.9. The predicted octanol–water partition coefficient (Wildman–Crippen LogP) is 3.14. The summed E-state index contributed by atoms with van der Waals surface area (Å²) in [5, 5.41) is 2.22. The van der Waals surface area contributed by atoms with Crippen molar-refractivity contribution in [2.75, 3.05) is 0 Å². The molecule has 0 aromatic carbocycles. The maximum absolute atomic E-state index is 4.07. The van der Waals surface area contributed by atoms with Gasteiger partial charge in [0, 0.05) is 12.8 Å². The van der Waals surface area contributed by atoms with Crippen molar-refractivity contribution in [2.24, 2.45) is 23.7 Å². The van der Waals surface area contributed by atoms with Crippen molar-refractivity contribution in [1.82, 2.24) is 0 Å². The van der Waals surface area contributed by atoms with Crippen LogP contribution in [-0.2, 0) is 0 Å². The molecular weight excluding hydrogens is 206 g/mol. The van der Waals surface area contributed by atoms with Gasteiger partial charge < -0.3 is 5.32 Å². The third-order valence-electron chi connectivity index (χ3n) is 5.44. The van der Waals surface area contributed by atoms with Gasteiger partial charge >= 0.3 is 0 Å². The van der Waals surface area contributed by atoms with E-state index in [1.54, 1.807) is 5.57 Å². The van der Waals surface area contributed by atoms with Crippen LogP contribution in [0.3, 0.4) is 0 Å². The Kier molecular flexibility index (Phi) is 3.68. The first kappa shape index (κ1) is 13.1. The zero-order valence-corrected chi connectivity index (χ0v) is 12.0. The van der Waals surface area contributed by atoms with Crippen molar-refractivity contribution in [3.63, 3.8) is 0 Å². The zero-order chi connectivity index (χ0) is 12.6. The van der Waals surface area contributed by atoms with Gasteiger partial charge in [-0.3, -0.25) is 0 Å². The van der Waals surface area contributed by atoms with Crippen LogP contribution in [0.15, 0.2) is 11.6 Å². The minimum Gasteiger partial charge on any atom is -0.474 e. The van der Waals surface area contributed by atoms with Gasteiger partial charge in [0.1, 0.15) is 0 Å². The third kappa shape index (κ3) is 2.45. The van der Waals surface area contributed by atoms with Crippen LogP contribution in [0.1, 0.15) is 53.4 Å². The molecule has 0 spiro atoms. The van der Waals surface area contributed by atoms with E-state index in [4.69, 9.17) is 0 Å². The van der Waals surface area contributed by atoms with Crippen LogP contribution in [0.5, 0.6) is 0 Å². The summed E-state index contributed by atoms with van der Waals surface area (Å²) in [6.45, 7) is 9.55. The number of rotatable bonds is 2. The number of hydrogen-bond donors (Lipinski definition) is 1. The molecule has 1 fully saturated rings. The summed E-state index contributed by atoms with van der Waals surface area (Å²) in [7, 11) is 4.07. The van der Waals surface area contributed by atoms with Gasteiger partial charge in [-0.1, -0.05) is 25.5 Å². The molecule has 2 aliphatic rings. The Labute approximate surface area is 107 Å². The number of nitrogens with two attached hydrogens (primary N) is 1. The molecule has 0 aromatic heterocycles. The fourth-order valence-corrected chi connectivity index (χ4v) is 4.10. The summed E-state index contributed by atoms with van der Waals surface area (Å²) < 4.78 is 0. The number of fused-ring (bicyclic) bond motifs is 1. The maximum atomic E-state index is 4.07. The second-order valence-corrected chi connectivity index (χ2v) is 6.96. The van der Waals surface area contributed by atoms with Crippen molar-refractivity contribution in [3.8, 4) is 0 Å². The molecule has 0 amide bonds. The van der Waals surface area contributed by atoms with Crippen LogP contribution in [-0.4, -0.2) is 5.54 Å². The minimum atomic E-state index is 0.395. The minimum absolute atomic E-state index is 0.395. The molecule has 4 atom stereocenters. The molecule has 1 heteroatoms. The van der Waals surface area contributed by atoms with Crippen molar-refractivity contribution >= 4 is 0 Å². The number of hydrogen-bond acceptors (Lipinski definition) is 0. The lowest BCUT2D eigenvalue weighted by atomic mass is 9.59. The Bertz CT molecular complexity index is 305. The first-order valence-electron chi connectivity index (χ1n) is 7.27. The molecule has 1 nitrogen and oxygen atoms in total. The summed E-state index contributed by atoms with van der Waals surface area (Å²) in [6, 6.07) is 0. The van der Waals surface area contributed by atoms with E-state index in [1.807, 2.05) is 0 Å². The molecule has 2 aliphatic carbocycles. The summed E-state index contributed by atoms with van der Waals surface area (Å²) in [4.78, 5) is 0. The molecule has 0 radical (unpaired) electrons. The average molecular weight is 235 g/mol. The van der Waals surface area contributed by atoms with Crippen LogP contribution in [0, 0.1) is 30.7 Å². The Morgan fingerprint density at radius 1 is 1.47 bits per heavy atom. The monoisotopic (exact) mass is 235 g/mol. The fraction of sp³-hybridized carbons (Fsp3) is 0.812. The quantitative estimate of drug-likeness (QED) is 0.559. The Morgan fingerprint density at radius 3 is 2.76 bits per heavy atom. The van der Waals surface area contributed by atoms with Crippen LogP contribution in [0.25, 0.3) is 0 Å². The molecular formula is C16H29N. The zero-order valence-electron chi connectivity index (χ0n) is 12.0. The molecule has 17 heavy (non-hydrogen) atoms. The first-order chi connectivity index (χ1) is 7.97. The van der Waals surface area contributed by atoms with Gasteiger partial charge in [0.25, 0.3) is 0 Å². The lowest BCUT2D eigenvalue weighted by Gasteiger charge is -2.48. The second kappa shape index (κ2) is 4.76. The third-order valence-corrected chi connectivity index (χ3v) is 5.44. The molecule has 0 saturated heterocycles. The molecule has 2 N–H and O–H groups in total. The summed E-state index contributed by atoms with van der Waals surface area (Å²) in [6.07, 6.45) is 7.88. The molecule has 2 rings (SSSR count). The summed E-state index contributed by atoms with van der Waals surface area (Å²) >= 11 is 0. The van der Waals surface area contributed by atoms with Gasteiger partial charge in [-0.05, 0) is 50.4 Å². The van der Waals surface area contributed by atoms with Crippen LogP contribution >= 0.6 is 0 Å². The van der Waals surface area contributed by atoms with Gasteiger partial charge in [-0.25, -0.2) is 0 Å². The van der Waals surface area contributed by atoms with Crippen molar-refractivity contribution in [1.29, 1.82) is 0 Å². The van der Waals surface area contributed by atoms with Crippen molar-refractivity contribution in [2.45, 2.75) is 58.9 Å². The predicted molar refractivity (Wildman–Crippen MR) is 73.2 cm³/mol. The normalized spacial score (nSPS) is 42.2. The fourth-order valence-electron chi connectivity index (χ4n) is 4.10. The molecule has 98 valence electrons. The molecule has 1 saturated carbocycles. The smallest absolute Gasteiger partial charge is 0.0698 e.